The Bertz CT molecular complexity index is 1500. The second kappa shape index (κ2) is 9.15. The number of likely N-dealkylation sites (tertiary alicyclic amines) is 1. The van der Waals surface area contributed by atoms with Gasteiger partial charge in [-0.25, -0.2) is 26.9 Å². The SMILES string of the molecule is CC1(NS(=O)(=O)c2cc(N3CCO[C@@H](C(=O)N4CC(O)C4)C3)c3ncc(-c4nnc(C(F)F)s4)n3c2)CC1. The number of pyridine rings is 1. The van der Waals surface area contributed by atoms with Crippen molar-refractivity contribution in [1.82, 2.24) is 29.2 Å². The van der Waals surface area contributed by atoms with Gasteiger partial charge < -0.3 is 19.6 Å². The summed E-state index contributed by atoms with van der Waals surface area (Å²) in [7, 11) is -3.95. The van der Waals surface area contributed by atoms with Crippen LogP contribution in [0.5, 0.6) is 0 Å². The van der Waals surface area contributed by atoms with Crippen molar-refractivity contribution in [2.45, 2.75) is 48.8 Å². The first-order valence-corrected chi connectivity index (χ1v) is 14.3. The quantitative estimate of drug-likeness (QED) is 0.427. The second-order valence-electron chi connectivity index (χ2n) is 10.0. The van der Waals surface area contributed by atoms with Crippen LogP contribution in [0.3, 0.4) is 0 Å². The predicted molar refractivity (Wildman–Crippen MR) is 132 cm³/mol. The number of β-amino-alcohol motifs (C(OH)–C–C–N with tert-alkyl or cyclic N) is 1. The molecule has 1 atom stereocenters. The third-order valence-electron chi connectivity index (χ3n) is 6.96. The van der Waals surface area contributed by atoms with Crippen molar-refractivity contribution in [2.24, 2.45) is 0 Å². The number of carbonyl (C=O) groups excluding carboxylic acids is 1. The Kier molecular flexibility index (Phi) is 6.14. The van der Waals surface area contributed by atoms with Gasteiger partial charge in [-0.3, -0.25) is 9.20 Å². The average Bonchev–Trinajstić information content (AvgIpc) is 3.24. The zero-order valence-electron chi connectivity index (χ0n) is 20.2. The van der Waals surface area contributed by atoms with E-state index in [1.54, 1.807) is 0 Å². The molecule has 38 heavy (non-hydrogen) atoms. The Morgan fingerprint density at radius 3 is 2.71 bits per heavy atom. The number of aliphatic hydroxyl groups excluding tert-OH is 1. The Morgan fingerprint density at radius 2 is 2.05 bits per heavy atom. The Morgan fingerprint density at radius 1 is 1.29 bits per heavy atom. The number of fused-ring (bicyclic) bond motifs is 1. The summed E-state index contributed by atoms with van der Waals surface area (Å²) in [6, 6.07) is 1.51. The summed E-state index contributed by atoms with van der Waals surface area (Å²) in [6.07, 6.45) is 0.135. The van der Waals surface area contributed by atoms with Gasteiger partial charge in [-0.2, -0.15) is 0 Å². The fourth-order valence-corrected chi connectivity index (χ4v) is 6.73. The number of aromatic nitrogens is 4. The van der Waals surface area contributed by atoms with E-state index in [9.17, 15) is 27.1 Å². The zero-order valence-corrected chi connectivity index (χ0v) is 21.9. The van der Waals surface area contributed by atoms with Crippen molar-refractivity contribution >= 4 is 38.6 Å². The number of sulfonamides is 1. The minimum absolute atomic E-state index is 0.0359. The number of alkyl halides is 2. The lowest BCUT2D eigenvalue weighted by Gasteiger charge is -2.41. The molecule has 0 aromatic carbocycles. The number of nitrogens with zero attached hydrogens (tertiary/aromatic N) is 6. The molecule has 1 saturated carbocycles. The van der Waals surface area contributed by atoms with Gasteiger partial charge in [0.25, 0.3) is 12.3 Å². The highest BCUT2D eigenvalue weighted by Gasteiger charge is 2.42. The minimum atomic E-state index is -3.95. The van der Waals surface area contributed by atoms with Crippen LogP contribution in [0.2, 0.25) is 0 Å². The zero-order chi connectivity index (χ0) is 26.8. The van der Waals surface area contributed by atoms with Gasteiger partial charge in [0, 0.05) is 31.4 Å². The Hall–Kier alpha value is -2.79. The van der Waals surface area contributed by atoms with E-state index >= 15 is 0 Å². The molecule has 2 N–H and O–H groups in total. The molecule has 1 amide bonds. The van der Waals surface area contributed by atoms with Gasteiger partial charge in [-0.1, -0.05) is 11.3 Å². The van der Waals surface area contributed by atoms with Crippen LogP contribution in [0, 0.1) is 0 Å². The van der Waals surface area contributed by atoms with E-state index in [0.29, 0.717) is 34.9 Å². The molecule has 6 rings (SSSR count). The molecule has 204 valence electrons. The first-order chi connectivity index (χ1) is 18.0. The summed E-state index contributed by atoms with van der Waals surface area (Å²) in [4.78, 5) is 20.6. The molecule has 0 radical (unpaired) electrons. The second-order valence-corrected chi connectivity index (χ2v) is 12.7. The average molecular weight is 570 g/mol. The van der Waals surface area contributed by atoms with Gasteiger partial charge in [0.15, 0.2) is 21.8 Å². The number of hydrogen-bond acceptors (Lipinski definition) is 10. The Balaban J connectivity index is 1.41. The van der Waals surface area contributed by atoms with E-state index in [-0.39, 0.29) is 42.1 Å². The number of anilines is 1. The van der Waals surface area contributed by atoms with Gasteiger partial charge in [0.05, 0.1) is 31.1 Å². The fourth-order valence-electron chi connectivity index (χ4n) is 4.54. The van der Waals surface area contributed by atoms with Crippen molar-refractivity contribution in [3.63, 3.8) is 0 Å². The van der Waals surface area contributed by atoms with E-state index in [1.165, 1.54) is 27.8 Å². The van der Waals surface area contributed by atoms with Crippen LogP contribution in [0.15, 0.2) is 23.4 Å². The minimum Gasteiger partial charge on any atom is -0.389 e. The monoisotopic (exact) mass is 569 g/mol. The maximum Gasteiger partial charge on any atom is 0.291 e. The molecule has 0 unspecified atom stereocenters. The number of morpholine rings is 1. The lowest BCUT2D eigenvalue weighted by atomic mass is 10.1. The van der Waals surface area contributed by atoms with Crippen molar-refractivity contribution < 1.29 is 31.8 Å². The summed E-state index contributed by atoms with van der Waals surface area (Å²) >= 11 is 0.703. The molecule has 3 aromatic rings. The van der Waals surface area contributed by atoms with Gasteiger partial charge in [0.1, 0.15) is 10.6 Å². The highest BCUT2D eigenvalue weighted by atomic mass is 32.2. The maximum absolute atomic E-state index is 13.4. The molecule has 2 saturated heterocycles. The van der Waals surface area contributed by atoms with Crippen LogP contribution in [0.4, 0.5) is 14.5 Å². The van der Waals surface area contributed by atoms with Crippen LogP contribution >= 0.6 is 11.3 Å². The predicted octanol–water partition coefficient (Wildman–Crippen LogP) is 1.03. The molecule has 3 aliphatic rings. The number of nitrogens with one attached hydrogen (secondary N) is 1. The largest absolute Gasteiger partial charge is 0.389 e. The van der Waals surface area contributed by atoms with Crippen molar-refractivity contribution in [1.29, 1.82) is 0 Å². The highest BCUT2D eigenvalue weighted by molar-refractivity contribution is 7.89. The van der Waals surface area contributed by atoms with E-state index in [2.05, 4.69) is 19.9 Å². The summed E-state index contributed by atoms with van der Waals surface area (Å²) in [5, 5.41) is 16.7. The molecule has 0 spiro atoms. The number of rotatable bonds is 7. The number of imidazole rings is 1. The van der Waals surface area contributed by atoms with Crippen LogP contribution in [0.1, 0.15) is 31.2 Å². The summed E-state index contributed by atoms with van der Waals surface area (Å²) in [5.41, 5.74) is 0.618. The molecule has 5 heterocycles. The molecule has 0 bridgehead atoms. The maximum atomic E-state index is 13.4. The standard InChI is InChI=1S/C22H25F2N7O5S2/c1-22(2-3-22)28-38(34,35)13-6-14(29-4-5-36-16(11-29)21(33)30-8-12(32)9-30)18-25-7-15(31(18)10-13)19-26-27-20(37-19)17(23)24/h6-7,10,12,16-17,28,32H,2-5,8-9,11H2,1H3/t16-/m1/s1. The van der Waals surface area contributed by atoms with Gasteiger partial charge in [-0.15, -0.1) is 10.2 Å². The molecule has 3 aromatic heterocycles. The number of halogens is 2. The molecule has 2 aliphatic heterocycles. The molecule has 16 heteroatoms. The van der Waals surface area contributed by atoms with Crippen molar-refractivity contribution in [3.05, 3.63) is 23.5 Å². The lowest BCUT2D eigenvalue weighted by molar-refractivity contribution is -0.154. The highest BCUT2D eigenvalue weighted by Crippen LogP contribution is 2.38. The topological polar surface area (TPSA) is 142 Å². The van der Waals surface area contributed by atoms with E-state index in [4.69, 9.17) is 4.74 Å². The van der Waals surface area contributed by atoms with Crippen LogP contribution in [-0.2, 0) is 19.6 Å². The third kappa shape index (κ3) is 4.64. The first-order valence-electron chi connectivity index (χ1n) is 12.0. The fraction of sp³-hybridized carbons (Fsp3) is 0.545. The van der Waals surface area contributed by atoms with Crippen molar-refractivity contribution in [3.8, 4) is 10.7 Å². The third-order valence-corrected chi connectivity index (χ3v) is 9.51. The van der Waals surface area contributed by atoms with Crippen molar-refractivity contribution in [2.75, 3.05) is 37.7 Å². The molecular formula is C22H25F2N7O5S2. The lowest BCUT2D eigenvalue weighted by Crippen LogP contribution is -2.59. The van der Waals surface area contributed by atoms with Crippen LogP contribution < -0.4 is 9.62 Å². The smallest absolute Gasteiger partial charge is 0.291 e. The van der Waals surface area contributed by atoms with E-state index in [1.807, 2.05) is 11.8 Å². The number of amides is 1. The summed E-state index contributed by atoms with van der Waals surface area (Å²) in [5.74, 6) is -0.249. The summed E-state index contributed by atoms with van der Waals surface area (Å²) < 4.78 is 63.0. The normalized spacial score (nSPS) is 21.8. The first kappa shape index (κ1) is 25.5. The molecular weight excluding hydrogens is 544 g/mol. The van der Waals surface area contributed by atoms with Crippen LogP contribution in [-0.4, -0.2) is 94.4 Å². The number of hydrogen-bond donors (Lipinski definition) is 2. The van der Waals surface area contributed by atoms with E-state index in [0.717, 1.165) is 12.8 Å². The Labute approximate surface area is 220 Å². The van der Waals surface area contributed by atoms with E-state index < -0.39 is 39.2 Å². The number of carbonyl (C=O) groups is 1. The summed E-state index contributed by atoms with van der Waals surface area (Å²) in [6.45, 7) is 3.04. The molecule has 3 fully saturated rings. The number of aliphatic hydroxyl groups is 1. The van der Waals surface area contributed by atoms with Gasteiger partial charge in [-0.05, 0) is 25.8 Å². The van der Waals surface area contributed by atoms with Gasteiger partial charge in [0.2, 0.25) is 10.0 Å². The van der Waals surface area contributed by atoms with Gasteiger partial charge >= 0.3 is 0 Å². The molecule has 12 nitrogen and oxygen atoms in total. The molecule has 1 aliphatic carbocycles. The van der Waals surface area contributed by atoms with Crippen LogP contribution in [0.25, 0.3) is 16.3 Å². The number of ether oxygens (including phenoxy) is 1.